The molecule has 0 radical (unpaired) electrons. The molecule has 0 unspecified atom stereocenters. The lowest BCUT2D eigenvalue weighted by Crippen LogP contribution is -2.40. The number of piperidine rings is 1. The van der Waals surface area contributed by atoms with E-state index in [4.69, 9.17) is 25.0 Å². The van der Waals surface area contributed by atoms with Gasteiger partial charge in [0.15, 0.2) is 5.65 Å². The lowest BCUT2D eigenvalue weighted by atomic mass is 9.76. The van der Waals surface area contributed by atoms with E-state index in [1.165, 1.54) is 7.11 Å². The number of aromatic nitrogens is 5. The Balaban J connectivity index is 0.000000930. The van der Waals surface area contributed by atoms with Gasteiger partial charge in [0.2, 0.25) is 0 Å². The van der Waals surface area contributed by atoms with Gasteiger partial charge in [-0.2, -0.15) is 14.7 Å². The maximum absolute atomic E-state index is 12.5. The summed E-state index contributed by atoms with van der Waals surface area (Å²) in [6.45, 7) is 21.2. The molecule has 47 heavy (non-hydrogen) atoms. The van der Waals surface area contributed by atoms with E-state index in [9.17, 15) is 4.79 Å². The summed E-state index contributed by atoms with van der Waals surface area (Å²) in [5.74, 6) is 0.653. The molecule has 0 saturated carbocycles. The van der Waals surface area contributed by atoms with Crippen LogP contribution in [0.4, 0.5) is 5.82 Å². The third-order valence-electron chi connectivity index (χ3n) is 8.55. The van der Waals surface area contributed by atoms with Crippen LogP contribution < -0.4 is 4.90 Å². The number of hydrogen-bond donors (Lipinski definition) is 1. The Hall–Kier alpha value is -4.24. The summed E-state index contributed by atoms with van der Waals surface area (Å²) in [7, 11) is 1.43. The van der Waals surface area contributed by atoms with E-state index >= 15 is 0 Å². The van der Waals surface area contributed by atoms with Gasteiger partial charge in [-0.25, -0.2) is 9.67 Å². The smallest absolute Gasteiger partial charge is 0.310 e. The maximum Gasteiger partial charge on any atom is 0.310 e. The van der Waals surface area contributed by atoms with Crippen LogP contribution in [0.3, 0.4) is 0 Å². The second-order valence-electron chi connectivity index (χ2n) is 13.9. The number of rotatable bonds is 11. The minimum atomic E-state index is -0.500. The zero-order valence-corrected chi connectivity index (χ0v) is 29.3. The van der Waals surface area contributed by atoms with E-state index in [2.05, 4.69) is 49.2 Å². The highest BCUT2D eigenvalue weighted by Gasteiger charge is 2.32. The molecule has 1 aliphatic heterocycles. The Morgan fingerprint density at radius 1 is 1.06 bits per heavy atom. The van der Waals surface area contributed by atoms with Crippen molar-refractivity contribution in [2.45, 2.75) is 92.1 Å². The summed E-state index contributed by atoms with van der Waals surface area (Å²) in [4.78, 5) is 19.8. The van der Waals surface area contributed by atoms with Crippen molar-refractivity contribution in [2.75, 3.05) is 25.1 Å². The number of benzene rings is 1. The number of aliphatic hydroxyl groups is 1. The van der Waals surface area contributed by atoms with Crippen molar-refractivity contribution in [1.29, 1.82) is 0 Å². The van der Waals surface area contributed by atoms with Gasteiger partial charge in [0.05, 0.1) is 36.2 Å². The van der Waals surface area contributed by atoms with Crippen LogP contribution in [0.1, 0.15) is 82.4 Å². The molecule has 1 fully saturated rings. The van der Waals surface area contributed by atoms with Crippen LogP contribution in [0.15, 0.2) is 61.7 Å². The standard InChI is InChI=1S/C34H42N6O2.C4H10O/c1-7-9-13-27-20-24(3)36-39(27)28-14-11-12-26(21-28)30-23-31-35-25(4)29(22-32(41)42-6)33(40(31)37-30)38-18-16-34(5,17-19-38)15-10-8-2;1-4(2,3)5/h7-8,11-12,14,20-21,23H,1-2,9-10,13,15-19,22H2,3-6H3;5H,1-3H3. The summed E-state index contributed by atoms with van der Waals surface area (Å²) in [5.41, 5.74) is 7.15. The van der Waals surface area contributed by atoms with Crippen LogP contribution >= 0.6 is 0 Å². The third kappa shape index (κ3) is 9.19. The van der Waals surface area contributed by atoms with E-state index in [1.807, 2.05) is 47.3 Å². The van der Waals surface area contributed by atoms with Crippen molar-refractivity contribution in [2.24, 2.45) is 5.41 Å². The minimum Gasteiger partial charge on any atom is -0.469 e. The van der Waals surface area contributed by atoms with Gasteiger partial charge in [-0.05, 0) is 96.8 Å². The molecule has 4 heterocycles. The molecule has 1 saturated heterocycles. The number of carbonyl (C=O) groups is 1. The fraction of sp³-hybridized carbons (Fsp3) is 0.474. The molecular formula is C38H52N6O3. The number of anilines is 1. The molecule has 0 bridgehead atoms. The van der Waals surface area contributed by atoms with Gasteiger partial charge >= 0.3 is 5.97 Å². The average molecular weight is 641 g/mol. The Morgan fingerprint density at radius 3 is 2.38 bits per heavy atom. The number of nitrogens with zero attached hydrogens (tertiary/aromatic N) is 6. The van der Waals surface area contributed by atoms with Crippen molar-refractivity contribution >= 4 is 17.4 Å². The Kier molecular flexibility index (Phi) is 11.4. The largest absolute Gasteiger partial charge is 0.469 e. The van der Waals surface area contributed by atoms with Crippen LogP contribution in [0.2, 0.25) is 0 Å². The van der Waals surface area contributed by atoms with Crippen LogP contribution in [-0.4, -0.2) is 61.3 Å². The molecule has 0 aliphatic carbocycles. The molecule has 9 heteroatoms. The van der Waals surface area contributed by atoms with Gasteiger partial charge < -0.3 is 14.7 Å². The Bertz CT molecular complexity index is 1700. The highest BCUT2D eigenvalue weighted by molar-refractivity contribution is 5.77. The molecular weight excluding hydrogens is 588 g/mol. The second kappa shape index (κ2) is 15.1. The number of ether oxygens (including phenoxy) is 1. The molecule has 3 aromatic heterocycles. The number of esters is 1. The lowest BCUT2D eigenvalue weighted by Gasteiger charge is -2.41. The van der Waals surface area contributed by atoms with Crippen molar-refractivity contribution in [3.63, 3.8) is 0 Å². The molecule has 1 aliphatic rings. The predicted molar refractivity (Wildman–Crippen MR) is 190 cm³/mol. The fourth-order valence-electron chi connectivity index (χ4n) is 5.99. The summed E-state index contributed by atoms with van der Waals surface area (Å²) in [6, 6.07) is 12.5. The number of carbonyl (C=O) groups excluding carboxylic acids is 1. The molecule has 1 aromatic carbocycles. The van der Waals surface area contributed by atoms with Gasteiger partial charge in [0, 0.05) is 41.7 Å². The molecule has 9 nitrogen and oxygen atoms in total. The van der Waals surface area contributed by atoms with Gasteiger partial charge in [0.1, 0.15) is 5.82 Å². The molecule has 0 amide bonds. The average Bonchev–Trinajstić information content (AvgIpc) is 3.62. The lowest BCUT2D eigenvalue weighted by molar-refractivity contribution is -0.139. The molecule has 252 valence electrons. The van der Waals surface area contributed by atoms with Crippen molar-refractivity contribution in [3.05, 3.63) is 84.4 Å². The highest BCUT2D eigenvalue weighted by atomic mass is 16.5. The molecule has 5 rings (SSSR count). The number of aryl methyl sites for hydroxylation is 3. The summed E-state index contributed by atoms with van der Waals surface area (Å²) < 4.78 is 9.00. The van der Waals surface area contributed by atoms with Crippen LogP contribution in [0.25, 0.3) is 22.6 Å². The zero-order chi connectivity index (χ0) is 34.4. The molecule has 0 spiro atoms. The predicted octanol–water partition coefficient (Wildman–Crippen LogP) is 7.38. The first-order chi connectivity index (χ1) is 22.2. The van der Waals surface area contributed by atoms with E-state index in [-0.39, 0.29) is 17.8 Å². The Morgan fingerprint density at radius 2 is 1.74 bits per heavy atom. The van der Waals surface area contributed by atoms with E-state index in [0.29, 0.717) is 0 Å². The second-order valence-corrected chi connectivity index (χ2v) is 13.9. The molecule has 4 aromatic rings. The zero-order valence-electron chi connectivity index (χ0n) is 29.3. The Labute approximate surface area is 280 Å². The van der Waals surface area contributed by atoms with E-state index in [0.717, 1.165) is 103 Å². The molecule has 0 atom stereocenters. The number of methoxy groups -OCH3 is 1. The third-order valence-corrected chi connectivity index (χ3v) is 8.55. The summed E-state index contributed by atoms with van der Waals surface area (Å²) in [6.07, 6.45) is 10.2. The van der Waals surface area contributed by atoms with Gasteiger partial charge in [0.25, 0.3) is 0 Å². The van der Waals surface area contributed by atoms with Gasteiger partial charge in [-0.1, -0.05) is 31.2 Å². The van der Waals surface area contributed by atoms with Crippen LogP contribution in [0, 0.1) is 19.3 Å². The SMILES string of the molecule is C=CCCc1cc(C)nn1-c1cccc(-c2cc3nc(C)c(CC(=O)OC)c(N4CCC(C)(CCC=C)CC4)n3n2)c1.CC(C)(C)O. The molecule has 1 N–H and O–H groups in total. The first-order valence-corrected chi connectivity index (χ1v) is 16.6. The number of allylic oxidation sites excluding steroid dienone is 2. The van der Waals surface area contributed by atoms with Crippen molar-refractivity contribution in [3.8, 4) is 16.9 Å². The quantitative estimate of drug-likeness (QED) is 0.135. The van der Waals surface area contributed by atoms with Crippen molar-refractivity contribution in [1.82, 2.24) is 24.4 Å². The van der Waals surface area contributed by atoms with Gasteiger partial charge in [-0.3, -0.25) is 4.79 Å². The van der Waals surface area contributed by atoms with E-state index < -0.39 is 5.60 Å². The number of hydrogen-bond acceptors (Lipinski definition) is 7. The highest BCUT2D eigenvalue weighted by Crippen LogP contribution is 2.39. The normalized spacial score (nSPS) is 14.4. The first-order valence-electron chi connectivity index (χ1n) is 16.6. The van der Waals surface area contributed by atoms with Crippen molar-refractivity contribution < 1.29 is 14.6 Å². The number of fused-ring (bicyclic) bond motifs is 1. The minimum absolute atomic E-state index is 0.154. The van der Waals surface area contributed by atoms with E-state index in [1.54, 1.807) is 20.8 Å². The fourth-order valence-corrected chi connectivity index (χ4v) is 5.99. The van der Waals surface area contributed by atoms with Gasteiger partial charge in [-0.15, -0.1) is 13.2 Å². The van der Waals surface area contributed by atoms with Crippen LogP contribution in [0.5, 0.6) is 0 Å². The topological polar surface area (TPSA) is 97.8 Å². The maximum atomic E-state index is 12.5. The summed E-state index contributed by atoms with van der Waals surface area (Å²) >= 11 is 0. The summed E-state index contributed by atoms with van der Waals surface area (Å²) in [5, 5.41) is 18.4. The monoisotopic (exact) mass is 640 g/mol. The van der Waals surface area contributed by atoms with Crippen LogP contribution in [-0.2, 0) is 22.4 Å². The first kappa shape index (κ1) is 35.6.